The van der Waals surface area contributed by atoms with Crippen molar-refractivity contribution in [2.75, 3.05) is 20.2 Å². The van der Waals surface area contributed by atoms with E-state index in [0.717, 1.165) is 51.8 Å². The largest absolute Gasteiger partial charge is 0.453 e. The molecule has 5 rings (SSSR count). The number of hydrogen-bond acceptors (Lipinski definition) is 7. The van der Waals surface area contributed by atoms with Gasteiger partial charge in [-0.2, -0.15) is 0 Å². The molecule has 12 heteroatoms. The van der Waals surface area contributed by atoms with E-state index in [9.17, 15) is 14.4 Å². The van der Waals surface area contributed by atoms with Gasteiger partial charge in [0.05, 0.1) is 42.6 Å². The van der Waals surface area contributed by atoms with E-state index >= 15 is 0 Å². The van der Waals surface area contributed by atoms with Gasteiger partial charge in [-0.1, -0.05) is 50.0 Å². The Morgan fingerprint density at radius 3 is 2.47 bits per heavy atom. The van der Waals surface area contributed by atoms with E-state index in [0.29, 0.717) is 24.7 Å². The number of amides is 3. The van der Waals surface area contributed by atoms with Gasteiger partial charge in [-0.3, -0.25) is 9.69 Å². The summed E-state index contributed by atoms with van der Waals surface area (Å²) in [4.78, 5) is 57.6. The quantitative estimate of drug-likeness (QED) is 0.131. The van der Waals surface area contributed by atoms with Gasteiger partial charge in [-0.15, -0.1) is 0 Å². The van der Waals surface area contributed by atoms with Crippen molar-refractivity contribution in [3.63, 3.8) is 0 Å². The zero-order valence-corrected chi connectivity index (χ0v) is 30.4. The second-order valence-electron chi connectivity index (χ2n) is 14.3. The number of rotatable bonds is 9. The fourth-order valence-electron chi connectivity index (χ4n) is 5.96. The fourth-order valence-corrected chi connectivity index (χ4v) is 5.96. The normalized spacial score (nSPS) is 14.9. The molecule has 0 spiro atoms. The molecule has 1 aliphatic rings. The lowest BCUT2D eigenvalue weighted by molar-refractivity contribution is -0.135. The molecule has 0 aliphatic carbocycles. The number of carbonyl (C=O) groups is 3. The molecule has 268 valence electrons. The summed E-state index contributed by atoms with van der Waals surface area (Å²) in [5.41, 5.74) is 5.29. The minimum atomic E-state index is -0.687. The molecule has 2 atom stereocenters. The van der Waals surface area contributed by atoms with E-state index in [-0.39, 0.29) is 24.4 Å². The molecule has 0 saturated carbocycles. The summed E-state index contributed by atoms with van der Waals surface area (Å²) in [6.45, 7) is 16.3. The van der Waals surface area contributed by atoms with Crippen LogP contribution in [-0.2, 0) is 20.8 Å². The van der Waals surface area contributed by atoms with Crippen molar-refractivity contribution in [1.82, 2.24) is 35.1 Å². The number of carbonyl (C=O) groups excluding carboxylic acids is 3. The molecule has 2 aromatic heterocycles. The number of aromatic nitrogens is 4. The first-order chi connectivity index (χ1) is 24.2. The maximum Gasteiger partial charge on any atom is 0.410 e. The molecule has 2 aromatic carbocycles. The van der Waals surface area contributed by atoms with Crippen molar-refractivity contribution in [1.29, 1.82) is 0 Å². The number of fused-ring (bicyclic) bond motifs is 1. The highest BCUT2D eigenvalue weighted by Crippen LogP contribution is 2.33. The number of benzene rings is 2. The van der Waals surface area contributed by atoms with Crippen molar-refractivity contribution in [3.05, 3.63) is 83.6 Å². The number of hydrogen-bond donors (Lipinski definition) is 3. The zero-order chi connectivity index (χ0) is 36.9. The van der Waals surface area contributed by atoms with Gasteiger partial charge in [0.25, 0.3) is 0 Å². The Labute approximate surface area is 299 Å². The van der Waals surface area contributed by atoms with Gasteiger partial charge in [0.15, 0.2) is 0 Å². The van der Waals surface area contributed by atoms with Crippen molar-refractivity contribution in [3.8, 4) is 23.1 Å². The molecule has 51 heavy (non-hydrogen) atoms. The van der Waals surface area contributed by atoms with Gasteiger partial charge in [0.2, 0.25) is 5.91 Å². The maximum atomic E-state index is 13.5. The number of methoxy groups -OCH3 is 1. The third kappa shape index (κ3) is 9.36. The topological polar surface area (TPSA) is 146 Å². The predicted molar refractivity (Wildman–Crippen MR) is 195 cm³/mol. The number of imidazole rings is 2. The molecule has 2 unspecified atom stereocenters. The van der Waals surface area contributed by atoms with Gasteiger partial charge < -0.3 is 29.7 Å². The number of alkyl carbamates (subject to hydrolysis) is 1. The number of nitrogens with one attached hydrogen (secondary N) is 3. The summed E-state index contributed by atoms with van der Waals surface area (Å²) >= 11 is 0. The van der Waals surface area contributed by atoms with Crippen LogP contribution in [-0.4, -0.2) is 79.7 Å². The van der Waals surface area contributed by atoms with Crippen LogP contribution in [0.15, 0.2) is 60.8 Å². The Morgan fingerprint density at radius 2 is 1.80 bits per heavy atom. The molecule has 3 amide bonds. The SMILES string of the molecule is C=C(C)CN(Cc1nc2ccc(C#Cc3ccc(-c4cnc(C5CCCN5C(=O)C(NC(=O)OC)C(C)C)[nH]4)cc3)cc2[nH]1)C(=O)OC(C)(C)C. The van der Waals surface area contributed by atoms with E-state index in [4.69, 9.17) is 9.47 Å². The predicted octanol–water partition coefficient (Wildman–Crippen LogP) is 6.71. The van der Waals surface area contributed by atoms with E-state index in [1.165, 1.54) is 7.11 Å². The molecular formula is C39H47N7O5. The van der Waals surface area contributed by atoms with Crippen LogP contribution in [0.5, 0.6) is 0 Å². The second kappa shape index (κ2) is 15.5. The molecule has 12 nitrogen and oxygen atoms in total. The van der Waals surface area contributed by atoms with Gasteiger partial charge in [0.1, 0.15) is 23.3 Å². The lowest BCUT2D eigenvalue weighted by Crippen LogP contribution is -2.51. The summed E-state index contributed by atoms with van der Waals surface area (Å²) < 4.78 is 10.3. The smallest absolute Gasteiger partial charge is 0.410 e. The van der Waals surface area contributed by atoms with Crippen LogP contribution in [0, 0.1) is 17.8 Å². The molecular weight excluding hydrogens is 646 g/mol. The van der Waals surface area contributed by atoms with E-state index in [2.05, 4.69) is 43.7 Å². The number of H-pyrrole nitrogens is 2. The Hall–Kier alpha value is -5.57. The molecule has 1 fully saturated rings. The highest BCUT2D eigenvalue weighted by molar-refractivity contribution is 5.86. The lowest BCUT2D eigenvalue weighted by Gasteiger charge is -2.30. The Balaban J connectivity index is 1.25. The van der Waals surface area contributed by atoms with Crippen LogP contribution in [0.2, 0.25) is 0 Å². The van der Waals surface area contributed by atoms with Crippen molar-refractivity contribution >= 4 is 29.1 Å². The maximum absolute atomic E-state index is 13.5. The molecule has 4 aromatic rings. The first kappa shape index (κ1) is 36.7. The highest BCUT2D eigenvalue weighted by atomic mass is 16.6. The minimum absolute atomic E-state index is 0.103. The molecule has 1 saturated heterocycles. The number of nitrogens with zero attached hydrogens (tertiary/aromatic N) is 4. The number of aromatic amines is 2. The molecule has 0 bridgehead atoms. The monoisotopic (exact) mass is 693 g/mol. The summed E-state index contributed by atoms with van der Waals surface area (Å²) in [6, 6.07) is 12.8. The average Bonchev–Trinajstić information content (AvgIpc) is 3.84. The van der Waals surface area contributed by atoms with Crippen LogP contribution in [0.1, 0.15) is 83.2 Å². The molecule has 3 heterocycles. The number of ether oxygens (including phenoxy) is 2. The van der Waals surface area contributed by atoms with Crippen molar-refractivity contribution in [2.24, 2.45) is 5.92 Å². The fraction of sp³-hybridized carbons (Fsp3) is 0.410. The van der Waals surface area contributed by atoms with Gasteiger partial charge in [-0.25, -0.2) is 19.6 Å². The molecule has 3 N–H and O–H groups in total. The highest BCUT2D eigenvalue weighted by Gasteiger charge is 2.37. The summed E-state index contributed by atoms with van der Waals surface area (Å²) in [6.07, 6.45) is 2.36. The lowest BCUT2D eigenvalue weighted by atomic mass is 10.0. The van der Waals surface area contributed by atoms with Crippen LogP contribution in [0.4, 0.5) is 9.59 Å². The third-order valence-corrected chi connectivity index (χ3v) is 8.37. The van der Waals surface area contributed by atoms with Crippen LogP contribution in [0.3, 0.4) is 0 Å². The van der Waals surface area contributed by atoms with Crippen molar-refractivity contribution in [2.45, 2.75) is 78.6 Å². The van der Waals surface area contributed by atoms with E-state index < -0.39 is 23.8 Å². The molecule has 1 aliphatic heterocycles. The van der Waals surface area contributed by atoms with Gasteiger partial charge in [0, 0.05) is 24.2 Å². The first-order valence-corrected chi connectivity index (χ1v) is 17.1. The summed E-state index contributed by atoms with van der Waals surface area (Å²) in [5.74, 6) is 7.58. The van der Waals surface area contributed by atoms with E-state index in [1.807, 2.05) is 84.0 Å². The van der Waals surface area contributed by atoms with Gasteiger partial charge >= 0.3 is 12.2 Å². The molecule has 0 radical (unpaired) electrons. The third-order valence-electron chi connectivity index (χ3n) is 8.37. The number of likely N-dealkylation sites (tertiary alicyclic amines) is 1. The van der Waals surface area contributed by atoms with Crippen LogP contribution < -0.4 is 5.32 Å². The Bertz CT molecular complexity index is 1960. The Kier molecular flexibility index (Phi) is 11.2. The van der Waals surface area contributed by atoms with Gasteiger partial charge in [-0.05, 0) is 82.3 Å². The average molecular weight is 694 g/mol. The minimum Gasteiger partial charge on any atom is -0.453 e. The second-order valence-corrected chi connectivity index (χ2v) is 14.3. The summed E-state index contributed by atoms with van der Waals surface area (Å²) in [7, 11) is 1.29. The van der Waals surface area contributed by atoms with Crippen molar-refractivity contribution < 1.29 is 23.9 Å². The van der Waals surface area contributed by atoms with Crippen LogP contribution >= 0.6 is 0 Å². The van der Waals surface area contributed by atoms with E-state index in [1.54, 1.807) is 16.0 Å². The van der Waals surface area contributed by atoms with Crippen LogP contribution in [0.25, 0.3) is 22.3 Å². The zero-order valence-electron chi connectivity index (χ0n) is 30.4. The summed E-state index contributed by atoms with van der Waals surface area (Å²) in [5, 5.41) is 2.68. The Morgan fingerprint density at radius 1 is 1.10 bits per heavy atom. The first-order valence-electron chi connectivity index (χ1n) is 17.1. The standard InChI is InChI=1S/C39H47N7O5/c1-24(2)22-45(38(49)51-39(5,6)7)23-33-41-29-18-15-27(20-30(29)42-33)12-11-26-13-16-28(17-14-26)31-21-40-35(43-31)32-10-9-19-46(32)36(47)34(25(3)4)44-37(48)50-8/h13-18,20-21,25,32,34H,1,9-10,19,22-23H2,2-8H3,(H,40,43)(H,41,42)(H,44,48).